The van der Waals surface area contributed by atoms with E-state index in [0.717, 1.165) is 0 Å². The fourth-order valence-corrected chi connectivity index (χ4v) is 2.63. The average Bonchev–Trinajstić information content (AvgIpc) is 3.05. The molecule has 0 atom stereocenters. The van der Waals surface area contributed by atoms with E-state index in [2.05, 4.69) is 9.97 Å². The Morgan fingerprint density at radius 2 is 2.21 bits per heavy atom. The number of halogens is 2. The molecule has 3 rings (SSSR count). The lowest BCUT2D eigenvalue weighted by atomic mass is 10.2. The van der Waals surface area contributed by atoms with Crippen LogP contribution in [0.15, 0.2) is 34.2 Å². The zero-order valence-corrected chi connectivity index (χ0v) is 12.0. The van der Waals surface area contributed by atoms with Gasteiger partial charge in [0, 0.05) is 17.8 Å². The van der Waals surface area contributed by atoms with E-state index in [-0.39, 0.29) is 12.3 Å². The molecule has 0 spiro atoms. The summed E-state index contributed by atoms with van der Waals surface area (Å²) in [6.07, 6.45) is 6.63. The maximum atomic E-state index is 12.7. The zero-order chi connectivity index (χ0) is 13.4. The second kappa shape index (κ2) is 5.07. The number of oxazole rings is 1. The fraction of sp³-hybridized carbons (Fsp3) is 0.0909. The number of hydrogen-bond donors (Lipinski definition) is 0. The molecule has 19 heavy (non-hydrogen) atoms. The van der Waals surface area contributed by atoms with Gasteiger partial charge in [-0.15, -0.1) is 3.89 Å². The summed E-state index contributed by atoms with van der Waals surface area (Å²) in [7, 11) is 0. The van der Waals surface area contributed by atoms with Crippen molar-refractivity contribution in [1.29, 1.82) is 0 Å². The Hall–Kier alpha value is -1.18. The SMILES string of the molecule is CSc1cnc(-c2cnc3c(ccn3SF)c2Cl)o1. The highest BCUT2D eigenvalue weighted by Crippen LogP contribution is 2.35. The number of pyridine rings is 1. The highest BCUT2D eigenvalue weighted by atomic mass is 35.5. The van der Waals surface area contributed by atoms with Gasteiger partial charge in [-0.05, 0) is 12.3 Å². The summed E-state index contributed by atoms with van der Waals surface area (Å²) in [4.78, 5) is 8.35. The van der Waals surface area contributed by atoms with E-state index >= 15 is 0 Å². The molecule has 4 nitrogen and oxygen atoms in total. The van der Waals surface area contributed by atoms with Crippen LogP contribution in [0.3, 0.4) is 0 Å². The van der Waals surface area contributed by atoms with E-state index in [9.17, 15) is 3.89 Å². The van der Waals surface area contributed by atoms with Crippen molar-refractivity contribution in [3.05, 3.63) is 29.7 Å². The molecule has 0 amide bonds. The van der Waals surface area contributed by atoms with Crippen LogP contribution >= 0.6 is 35.7 Å². The first kappa shape index (κ1) is 12.8. The molecule has 0 unspecified atom stereocenters. The summed E-state index contributed by atoms with van der Waals surface area (Å²) in [6, 6.07) is 1.71. The minimum absolute atomic E-state index is 0.0762. The summed E-state index contributed by atoms with van der Waals surface area (Å²) in [5, 5.41) is 1.81. The molecular weight excluding hydrogens is 309 g/mol. The molecule has 0 saturated carbocycles. The van der Waals surface area contributed by atoms with E-state index in [1.54, 1.807) is 18.5 Å². The number of fused-ring (bicyclic) bond motifs is 1. The van der Waals surface area contributed by atoms with E-state index in [4.69, 9.17) is 16.0 Å². The number of thioether (sulfide) groups is 1. The minimum Gasteiger partial charge on any atom is -0.430 e. The Labute approximate surface area is 121 Å². The maximum absolute atomic E-state index is 12.7. The van der Waals surface area contributed by atoms with Gasteiger partial charge in [-0.1, -0.05) is 23.4 Å². The number of nitrogens with zero attached hydrogens (tertiary/aromatic N) is 3. The molecule has 8 heteroatoms. The zero-order valence-electron chi connectivity index (χ0n) is 9.63. The van der Waals surface area contributed by atoms with Crippen molar-refractivity contribution in [2.24, 2.45) is 0 Å². The van der Waals surface area contributed by atoms with Gasteiger partial charge < -0.3 is 4.42 Å². The third-order valence-electron chi connectivity index (χ3n) is 2.61. The molecule has 0 N–H and O–H groups in total. The van der Waals surface area contributed by atoms with Crippen LogP contribution in [0.25, 0.3) is 22.5 Å². The van der Waals surface area contributed by atoms with Crippen LogP contribution in [-0.4, -0.2) is 20.2 Å². The lowest BCUT2D eigenvalue weighted by Gasteiger charge is -2.01. The number of aromatic nitrogens is 3. The second-order valence-corrected chi connectivity index (χ2v) is 5.34. The van der Waals surface area contributed by atoms with E-state index < -0.39 is 0 Å². The van der Waals surface area contributed by atoms with Gasteiger partial charge in [-0.25, -0.2) is 13.9 Å². The quantitative estimate of drug-likeness (QED) is 0.668. The van der Waals surface area contributed by atoms with Crippen molar-refractivity contribution in [3.63, 3.8) is 0 Å². The van der Waals surface area contributed by atoms with Crippen molar-refractivity contribution in [3.8, 4) is 11.5 Å². The monoisotopic (exact) mass is 315 g/mol. The lowest BCUT2D eigenvalue weighted by Crippen LogP contribution is -1.87. The van der Waals surface area contributed by atoms with E-state index in [1.807, 2.05) is 6.26 Å². The van der Waals surface area contributed by atoms with Crippen LogP contribution < -0.4 is 0 Å². The van der Waals surface area contributed by atoms with Crippen molar-refractivity contribution >= 4 is 46.7 Å². The summed E-state index contributed by atoms with van der Waals surface area (Å²) in [5.74, 6) is 0.407. The van der Waals surface area contributed by atoms with Crippen LogP contribution in [-0.2, 0) is 0 Å². The van der Waals surface area contributed by atoms with Gasteiger partial charge in [-0.3, -0.25) is 0 Å². The molecule has 98 valence electrons. The van der Waals surface area contributed by atoms with Gasteiger partial charge in [0.25, 0.3) is 0 Å². The molecule has 3 aromatic heterocycles. The third kappa shape index (κ3) is 2.11. The van der Waals surface area contributed by atoms with Crippen LogP contribution in [0, 0.1) is 0 Å². The average molecular weight is 316 g/mol. The van der Waals surface area contributed by atoms with Gasteiger partial charge in [-0.2, -0.15) is 0 Å². The highest BCUT2D eigenvalue weighted by molar-refractivity contribution is 7.98. The summed E-state index contributed by atoms with van der Waals surface area (Å²) < 4.78 is 19.5. The third-order valence-corrected chi connectivity index (χ3v) is 4.05. The Kier molecular flexibility index (Phi) is 3.42. The van der Waals surface area contributed by atoms with Crippen molar-refractivity contribution in [2.75, 3.05) is 6.26 Å². The Bertz CT molecular complexity index is 743. The molecule has 3 aromatic rings. The molecule has 0 aromatic carbocycles. The molecule has 0 saturated heterocycles. The Morgan fingerprint density at radius 3 is 2.89 bits per heavy atom. The van der Waals surface area contributed by atoms with Gasteiger partial charge in [0.2, 0.25) is 5.89 Å². The molecule has 0 fully saturated rings. The number of hydrogen-bond acceptors (Lipinski definition) is 5. The van der Waals surface area contributed by atoms with Crippen molar-refractivity contribution in [2.45, 2.75) is 5.09 Å². The van der Waals surface area contributed by atoms with Crippen molar-refractivity contribution < 1.29 is 8.30 Å². The topological polar surface area (TPSA) is 43.9 Å². The minimum atomic E-state index is 0.0762. The molecule has 3 heterocycles. The fourth-order valence-electron chi connectivity index (χ4n) is 1.71. The second-order valence-electron chi connectivity index (χ2n) is 3.62. The lowest BCUT2D eigenvalue weighted by molar-refractivity contribution is 0.485. The highest BCUT2D eigenvalue weighted by Gasteiger charge is 2.16. The molecule has 0 radical (unpaired) electrons. The first-order chi connectivity index (χ1) is 9.24. The van der Waals surface area contributed by atoms with E-state index in [1.165, 1.54) is 21.9 Å². The van der Waals surface area contributed by atoms with Gasteiger partial charge in [0.05, 0.1) is 16.8 Å². The van der Waals surface area contributed by atoms with E-state index in [0.29, 0.717) is 32.6 Å². The summed E-state index contributed by atoms with van der Waals surface area (Å²) in [6.45, 7) is 0. The van der Waals surface area contributed by atoms with Gasteiger partial charge in [0.15, 0.2) is 23.1 Å². The Balaban J connectivity index is 2.17. The smallest absolute Gasteiger partial charge is 0.230 e. The largest absolute Gasteiger partial charge is 0.430 e. The normalized spacial score (nSPS) is 11.3. The Morgan fingerprint density at radius 1 is 1.37 bits per heavy atom. The molecule has 0 aliphatic heterocycles. The summed E-state index contributed by atoms with van der Waals surface area (Å²) in [5.41, 5.74) is 1.06. The molecular formula is C11H7ClFN3OS2. The van der Waals surface area contributed by atoms with Crippen LogP contribution in [0.1, 0.15) is 0 Å². The standard InChI is InChI=1S/C11H7ClFN3OS2/c1-18-8-5-15-11(17-8)7-4-14-10-6(9(7)12)2-3-16(10)19-13/h2-5H,1H3. The predicted octanol–water partition coefficient (Wildman–Crippen LogP) is 4.45. The summed E-state index contributed by atoms with van der Waals surface area (Å²) >= 11 is 7.84. The maximum Gasteiger partial charge on any atom is 0.230 e. The molecule has 0 aliphatic carbocycles. The van der Waals surface area contributed by atoms with Crippen LogP contribution in [0.5, 0.6) is 0 Å². The van der Waals surface area contributed by atoms with Gasteiger partial charge in [0.1, 0.15) is 0 Å². The first-order valence-electron chi connectivity index (χ1n) is 5.19. The first-order valence-corrected chi connectivity index (χ1v) is 7.47. The van der Waals surface area contributed by atoms with Crippen LogP contribution in [0.2, 0.25) is 5.02 Å². The van der Waals surface area contributed by atoms with Crippen LogP contribution in [0.4, 0.5) is 3.89 Å². The number of rotatable bonds is 3. The molecule has 0 bridgehead atoms. The van der Waals surface area contributed by atoms with Gasteiger partial charge >= 0.3 is 0 Å². The molecule has 0 aliphatic rings. The predicted molar refractivity (Wildman–Crippen MR) is 76.1 cm³/mol. The van der Waals surface area contributed by atoms with Crippen molar-refractivity contribution in [1.82, 2.24) is 13.9 Å².